The number of anilines is 2. The molecule has 8 bridgehead atoms. The molecule has 9 aromatic carbocycles. The second-order valence-corrected chi connectivity index (χ2v) is 41.2. The topological polar surface area (TPSA) is 135 Å². The lowest BCUT2D eigenvalue weighted by Gasteiger charge is -2.27. The Labute approximate surface area is 869 Å². The molecule has 11 heteroatoms. The summed E-state index contributed by atoms with van der Waals surface area (Å²) in [5.74, 6) is 9.05. The summed E-state index contributed by atoms with van der Waals surface area (Å²) < 4.78 is 28.7. The van der Waals surface area contributed by atoms with Crippen molar-refractivity contribution in [2.45, 2.75) is 260 Å². The van der Waals surface area contributed by atoms with E-state index in [1.54, 1.807) is 24.3 Å². The first-order chi connectivity index (χ1) is 73.1. The summed E-state index contributed by atoms with van der Waals surface area (Å²) >= 11 is 0. The van der Waals surface area contributed by atoms with Crippen molar-refractivity contribution in [3.63, 3.8) is 0 Å². The summed E-state index contributed by atoms with van der Waals surface area (Å²) in [5, 5.41) is 21.0. The average molecular weight is 1940 g/mol. The van der Waals surface area contributed by atoms with Crippen LogP contribution in [0, 0.1) is 11.8 Å². The molecular weight excluding hydrogens is 1810 g/mol. The Morgan fingerprint density at radius 3 is 1.10 bits per heavy atom. The number of H-pyrrole nitrogens is 2. The second-order valence-electron chi connectivity index (χ2n) is 41.2. The Hall–Kier alpha value is -15.2. The van der Waals surface area contributed by atoms with Gasteiger partial charge < -0.3 is 38.9 Å². The number of aromatic carboxylic acids is 1. The van der Waals surface area contributed by atoms with E-state index in [1.807, 2.05) is 6.08 Å². The van der Waals surface area contributed by atoms with Crippen LogP contribution in [0.5, 0.6) is 23.0 Å². The second kappa shape index (κ2) is 44.6. The molecule has 0 fully saturated rings. The van der Waals surface area contributed by atoms with E-state index in [9.17, 15) is 9.90 Å². The first-order valence-corrected chi connectivity index (χ1v) is 55.7. The molecule has 0 unspecified atom stereocenters. The molecule has 0 amide bonds. The zero-order chi connectivity index (χ0) is 101. The highest BCUT2D eigenvalue weighted by atomic mass is 16.5. The van der Waals surface area contributed by atoms with Gasteiger partial charge in [-0.15, -0.1) is 34.4 Å². The number of carboxylic acids is 1. The molecule has 0 saturated carbocycles. The van der Waals surface area contributed by atoms with Crippen molar-refractivity contribution < 1.29 is 28.8 Å². The first kappa shape index (κ1) is 97.5. The largest absolute Gasteiger partial charge is 0.493 e. The Morgan fingerprint density at radius 1 is 0.345 bits per heavy atom. The van der Waals surface area contributed by atoms with Crippen LogP contribution in [0.3, 0.4) is 0 Å². The maximum Gasteiger partial charge on any atom is 0.335 e. The first-order valence-electron chi connectivity index (χ1n) is 55.7. The Kier molecular flexibility index (Phi) is 29.4. The molecule has 5 heterocycles. The molecule has 5 aromatic heterocycles. The van der Waals surface area contributed by atoms with Gasteiger partial charge in [0.15, 0.2) is 0 Å². The van der Waals surface area contributed by atoms with Crippen LogP contribution in [0.2, 0.25) is 0 Å². The standard InChI is InChI=1S/C137H131N5O6/c1-7-13-19-25-29-43-77-145-119-59-47-60-120(146-78-44-30-26-20-14-8-2)131(119)105-82-107-111-85-115-127-100-55-39-35-51-96-93(72-65-91-63-70-92(71-64-91)137(143)144)81-104(123(96)100)110-84-114(138-133(110)127)128-101-56-40-36-52-97-106(132-121(147-79-45-31-27-21-15-9-3)61-48-62-122(132)148-80-46-32-28-22-16-10-4)83-108(124(97)101)112-86-116(140-134(112)128)130-103-58-42-38-54-99-118(88-109(126(99)103)113-87-117(141-136(113)130)129(135(111)139-115)102-57-41-37-53-98(105)125(102)107)142(94-73-66-89(67-74-94)49-33-23-17-11-5)95-75-68-90(69-76-95)50-34-24-18-12-6/h35-42,47-48,55-64,66-71,73-76,84-87,138,141H,7-34,43-46,49-50,77-80H2,1-6H3,(H,143,144). The van der Waals surface area contributed by atoms with E-state index in [0.717, 1.165) is 314 Å². The minimum atomic E-state index is -0.999. The number of nitrogens with zero attached hydrogens (tertiary/aromatic N) is 3. The number of carbonyl (C=O) groups is 1. The number of rotatable bonds is 48. The van der Waals surface area contributed by atoms with Crippen molar-refractivity contribution in [1.82, 2.24) is 19.9 Å². The van der Waals surface area contributed by atoms with Gasteiger partial charge in [-0.1, -0.05) is 317 Å². The molecule has 0 atom stereocenters. The number of carboxylic acid groups (broad SMARTS) is 1. The van der Waals surface area contributed by atoms with Crippen molar-refractivity contribution in [1.29, 1.82) is 0 Å². The summed E-state index contributed by atoms with van der Waals surface area (Å²) in [6.07, 6.45) is 64.6. The fourth-order valence-electron chi connectivity index (χ4n) is 23.4. The quantitative estimate of drug-likeness (QED) is 0.0194. The fourth-order valence-corrected chi connectivity index (χ4v) is 23.4. The minimum absolute atomic E-state index is 0.188. The lowest BCUT2D eigenvalue weighted by molar-refractivity contribution is 0.0696. The number of aryl methyl sites for hydroxylation is 2. The van der Waals surface area contributed by atoms with E-state index in [4.69, 9.17) is 28.9 Å². The predicted octanol–water partition coefficient (Wildman–Crippen LogP) is 33.0. The number of hydrogen-bond acceptors (Lipinski definition) is 8. The van der Waals surface area contributed by atoms with Crippen molar-refractivity contribution in [2.24, 2.45) is 0 Å². The van der Waals surface area contributed by atoms with Crippen LogP contribution < -0.4 is 44.7 Å². The predicted molar refractivity (Wildman–Crippen MR) is 618 cm³/mol. The average Bonchev–Trinajstić information content (AvgIpc) is 1.52. The molecule has 3 N–H and O–H groups in total. The maximum atomic E-state index is 12.3. The van der Waals surface area contributed by atoms with Crippen LogP contribution in [0.15, 0.2) is 216 Å². The van der Waals surface area contributed by atoms with Gasteiger partial charge in [0.1, 0.15) is 28.7 Å². The molecule has 8 aliphatic rings. The smallest absolute Gasteiger partial charge is 0.335 e. The molecule has 148 heavy (non-hydrogen) atoms. The highest BCUT2D eigenvalue weighted by Gasteiger charge is 2.37. The number of aromatic amines is 2. The zero-order valence-corrected chi connectivity index (χ0v) is 86.8. The van der Waals surface area contributed by atoms with Crippen molar-refractivity contribution in [3.8, 4) is 34.8 Å². The number of hydrogen-bond donors (Lipinski definition) is 3. The van der Waals surface area contributed by atoms with Crippen molar-refractivity contribution in [3.05, 3.63) is 315 Å². The maximum absolute atomic E-state index is 12.3. The van der Waals surface area contributed by atoms with Gasteiger partial charge >= 0.3 is 5.97 Å². The van der Waals surface area contributed by atoms with Crippen LogP contribution in [-0.4, -0.2) is 57.4 Å². The van der Waals surface area contributed by atoms with Crippen molar-refractivity contribution in [2.75, 3.05) is 31.3 Å². The van der Waals surface area contributed by atoms with Gasteiger partial charge in [0.25, 0.3) is 0 Å². The third-order valence-electron chi connectivity index (χ3n) is 31.0. The molecule has 22 rings (SSSR count). The lowest BCUT2D eigenvalue weighted by Crippen LogP contribution is -2.16. The summed E-state index contributed by atoms with van der Waals surface area (Å²) in [6.45, 7) is 15.9. The number of fused-ring (bicyclic) bond motifs is 16. The molecule has 0 radical (unpaired) electrons. The van der Waals surface area contributed by atoms with Gasteiger partial charge in [-0.25, -0.2) is 14.8 Å². The monoisotopic (exact) mass is 1940 g/mol. The van der Waals surface area contributed by atoms with E-state index in [1.165, 1.54) is 152 Å². The minimum Gasteiger partial charge on any atom is -0.493 e. The molecule has 0 aliphatic heterocycles. The molecule has 0 spiro atoms. The molecule has 8 aliphatic carbocycles. The van der Waals surface area contributed by atoms with E-state index >= 15 is 0 Å². The van der Waals surface area contributed by atoms with E-state index in [0.29, 0.717) is 37.6 Å². The number of aromatic nitrogens is 4. The Balaban J connectivity index is 0.880. The molecular formula is C137H131N5O6. The highest BCUT2D eigenvalue weighted by Crippen LogP contribution is 2.52. The highest BCUT2D eigenvalue weighted by molar-refractivity contribution is 6.29. The zero-order valence-electron chi connectivity index (χ0n) is 86.8. The van der Waals surface area contributed by atoms with E-state index in [-0.39, 0.29) is 5.56 Å². The van der Waals surface area contributed by atoms with Crippen LogP contribution in [0.4, 0.5) is 11.4 Å². The fraction of sp³-hybridized carbons (Fsp3) is 0.321. The van der Waals surface area contributed by atoms with Gasteiger partial charge in [0, 0.05) is 142 Å². The van der Waals surface area contributed by atoms with Crippen LogP contribution in [-0.2, 0) is 12.8 Å². The van der Waals surface area contributed by atoms with E-state index < -0.39 is 5.97 Å². The van der Waals surface area contributed by atoms with Gasteiger partial charge in [0.05, 0.1) is 87.4 Å². The number of nitrogens with one attached hydrogen (secondary N) is 2. The summed E-state index contributed by atoms with van der Waals surface area (Å²) in [7, 11) is 0. The number of benzene rings is 9. The Morgan fingerprint density at radius 2 is 0.696 bits per heavy atom. The molecule has 740 valence electrons. The summed E-state index contributed by atoms with van der Waals surface area (Å²) in [4.78, 5) is 36.2. The number of allylic oxidation sites excluding steroid dienone is 11. The Bertz CT molecular complexity index is 8490. The summed E-state index contributed by atoms with van der Waals surface area (Å²) in [6, 6.07) is 47.5. The third-order valence-corrected chi connectivity index (χ3v) is 31.0. The molecule has 14 aromatic rings. The normalized spacial score (nSPS) is 13.7. The number of unbranched alkanes of at least 4 members (excludes halogenated alkanes) is 26. The van der Waals surface area contributed by atoms with Crippen molar-refractivity contribution >= 4 is 185 Å². The SMILES string of the molecule is CCCCCCCCOc1cccc(OCCCCCCCC)c1C1=C=c2c3c(c4c5cc6c7c8c(c(c9cc%10c%11c%12c(c(c%13cc%14c%15c%16c(c(c%17cc2c4n%17)c%14[nH]%13)C=CC=C=C%16C(N(c2ccc(CCCCCC)cc2)c2ccc(CCCCCC)cc2)=C=%15)c%10n9)C=CC=C=C%12C(c2c(OCCCCCCCC)cccc2OCCCCCCCC)=C=%11)c6[nH]5)C=CC=C=C8C(C#Cc2ccc(C(=O)O)cc2)=C=7)C=CC=C=C13. The van der Waals surface area contributed by atoms with Crippen LogP contribution in [0.25, 0.3) is 168 Å². The lowest BCUT2D eigenvalue weighted by atomic mass is 9.90. The third kappa shape index (κ3) is 19.1. The molecule has 0 saturated heterocycles. The number of ether oxygens (including phenoxy) is 4. The summed E-state index contributed by atoms with van der Waals surface area (Å²) in [5.41, 5.74) is 60.8. The van der Waals surface area contributed by atoms with E-state index in [2.05, 4.69) is 290 Å². The van der Waals surface area contributed by atoms with Gasteiger partial charge in [0.2, 0.25) is 0 Å². The van der Waals surface area contributed by atoms with Gasteiger partial charge in [-0.2, -0.15) is 0 Å². The van der Waals surface area contributed by atoms with Gasteiger partial charge in [-0.05, 0) is 206 Å². The van der Waals surface area contributed by atoms with Crippen LogP contribution in [0.1, 0.15) is 330 Å². The molecule has 11 nitrogen and oxygen atoms in total. The van der Waals surface area contributed by atoms with Gasteiger partial charge in [-0.3, -0.25) is 0 Å². The van der Waals surface area contributed by atoms with Crippen LogP contribution >= 0.6 is 0 Å².